The highest BCUT2D eigenvalue weighted by atomic mass is 16.5. The standard InChI is InChI=1S/C18H28N2O3/c1-13-16(19-9-11-22-13)17(21)20-10-12-23-15-7-5-14(6-8-15)18(2,3)4/h5-8,13,16,19H,9-12H2,1-4H3,(H,20,21)/t13-,16+/m1/s1. The van der Waals surface area contributed by atoms with Crippen molar-refractivity contribution in [1.29, 1.82) is 0 Å². The number of rotatable bonds is 5. The molecule has 1 aromatic rings. The van der Waals surface area contributed by atoms with Crippen LogP contribution in [0, 0.1) is 0 Å². The van der Waals surface area contributed by atoms with Gasteiger partial charge in [-0.05, 0) is 30.0 Å². The van der Waals surface area contributed by atoms with Gasteiger partial charge in [-0.2, -0.15) is 0 Å². The fourth-order valence-corrected chi connectivity index (χ4v) is 2.53. The van der Waals surface area contributed by atoms with Crippen LogP contribution in [0.1, 0.15) is 33.3 Å². The van der Waals surface area contributed by atoms with Crippen molar-refractivity contribution < 1.29 is 14.3 Å². The van der Waals surface area contributed by atoms with Crippen LogP contribution in [-0.4, -0.2) is 44.4 Å². The van der Waals surface area contributed by atoms with Crippen molar-refractivity contribution in [2.24, 2.45) is 0 Å². The Bertz CT molecular complexity index is 508. The number of carbonyl (C=O) groups is 1. The highest BCUT2D eigenvalue weighted by Crippen LogP contribution is 2.24. The maximum Gasteiger partial charge on any atom is 0.239 e. The fraction of sp³-hybridized carbons (Fsp3) is 0.611. The van der Waals surface area contributed by atoms with Gasteiger partial charge in [-0.3, -0.25) is 4.79 Å². The summed E-state index contributed by atoms with van der Waals surface area (Å²) in [7, 11) is 0. The summed E-state index contributed by atoms with van der Waals surface area (Å²) in [6, 6.07) is 7.83. The summed E-state index contributed by atoms with van der Waals surface area (Å²) in [6.07, 6.45) is -0.102. The molecule has 0 aromatic heterocycles. The van der Waals surface area contributed by atoms with Crippen LogP contribution in [0.25, 0.3) is 0 Å². The first-order valence-corrected chi connectivity index (χ1v) is 8.24. The summed E-state index contributed by atoms with van der Waals surface area (Å²) in [6.45, 7) is 10.7. The summed E-state index contributed by atoms with van der Waals surface area (Å²) in [5, 5.41) is 6.05. The first-order chi connectivity index (χ1) is 10.9. The van der Waals surface area contributed by atoms with Gasteiger partial charge < -0.3 is 20.1 Å². The minimum atomic E-state index is -0.283. The largest absolute Gasteiger partial charge is 0.492 e. The molecule has 5 heteroatoms. The summed E-state index contributed by atoms with van der Waals surface area (Å²) < 4.78 is 11.1. The van der Waals surface area contributed by atoms with E-state index in [-0.39, 0.29) is 23.5 Å². The van der Waals surface area contributed by atoms with E-state index < -0.39 is 0 Å². The quantitative estimate of drug-likeness (QED) is 0.813. The van der Waals surface area contributed by atoms with Gasteiger partial charge in [0.15, 0.2) is 0 Å². The van der Waals surface area contributed by atoms with E-state index in [9.17, 15) is 4.79 Å². The summed E-state index contributed by atoms with van der Waals surface area (Å²) in [4.78, 5) is 12.1. The maximum atomic E-state index is 12.1. The molecule has 1 amide bonds. The Morgan fingerprint density at radius 2 is 2.04 bits per heavy atom. The number of morpholine rings is 1. The van der Waals surface area contributed by atoms with Gasteiger partial charge >= 0.3 is 0 Å². The molecule has 0 unspecified atom stereocenters. The van der Waals surface area contributed by atoms with Gasteiger partial charge in [0.1, 0.15) is 18.4 Å². The molecule has 1 heterocycles. The number of hydrogen-bond acceptors (Lipinski definition) is 4. The van der Waals surface area contributed by atoms with E-state index in [0.29, 0.717) is 26.3 Å². The molecule has 2 rings (SSSR count). The summed E-state index contributed by atoms with van der Waals surface area (Å²) in [5.74, 6) is 0.781. The lowest BCUT2D eigenvalue weighted by atomic mass is 9.87. The molecule has 0 saturated carbocycles. The molecule has 1 fully saturated rings. The second kappa shape index (κ2) is 7.79. The number of benzene rings is 1. The molecular weight excluding hydrogens is 292 g/mol. The molecule has 0 radical (unpaired) electrons. The molecule has 2 atom stereocenters. The van der Waals surface area contributed by atoms with Crippen molar-refractivity contribution in [3.63, 3.8) is 0 Å². The van der Waals surface area contributed by atoms with E-state index in [2.05, 4.69) is 43.5 Å². The van der Waals surface area contributed by atoms with Crippen molar-refractivity contribution >= 4 is 5.91 Å². The molecule has 1 aliphatic heterocycles. The van der Waals surface area contributed by atoms with E-state index in [1.165, 1.54) is 5.56 Å². The molecule has 128 valence electrons. The number of ether oxygens (including phenoxy) is 2. The molecule has 1 aliphatic rings. The number of carbonyl (C=O) groups excluding carboxylic acids is 1. The second-order valence-electron chi connectivity index (χ2n) is 6.92. The Morgan fingerprint density at radius 1 is 1.35 bits per heavy atom. The van der Waals surface area contributed by atoms with Gasteiger partial charge in [0.05, 0.1) is 19.3 Å². The van der Waals surface area contributed by atoms with Gasteiger partial charge in [0.25, 0.3) is 0 Å². The number of nitrogens with one attached hydrogen (secondary N) is 2. The second-order valence-corrected chi connectivity index (χ2v) is 6.92. The van der Waals surface area contributed by atoms with Crippen LogP contribution >= 0.6 is 0 Å². The average Bonchev–Trinajstić information content (AvgIpc) is 2.51. The zero-order chi connectivity index (χ0) is 16.9. The molecule has 1 aromatic carbocycles. The molecule has 2 N–H and O–H groups in total. The van der Waals surface area contributed by atoms with Crippen LogP contribution in [0.2, 0.25) is 0 Å². The van der Waals surface area contributed by atoms with E-state index in [1.54, 1.807) is 0 Å². The topological polar surface area (TPSA) is 59.6 Å². The zero-order valence-electron chi connectivity index (χ0n) is 14.5. The Labute approximate surface area is 138 Å². The lowest BCUT2D eigenvalue weighted by Crippen LogP contribution is -2.55. The molecule has 5 nitrogen and oxygen atoms in total. The monoisotopic (exact) mass is 320 g/mol. The van der Waals surface area contributed by atoms with Gasteiger partial charge in [0.2, 0.25) is 5.91 Å². The molecule has 23 heavy (non-hydrogen) atoms. The first kappa shape index (κ1) is 17.8. The molecular formula is C18H28N2O3. The SMILES string of the molecule is C[C@H]1OCCN[C@@H]1C(=O)NCCOc1ccc(C(C)(C)C)cc1. The number of amides is 1. The van der Waals surface area contributed by atoms with Crippen molar-refractivity contribution in [1.82, 2.24) is 10.6 Å². The molecule has 0 spiro atoms. The van der Waals surface area contributed by atoms with E-state index >= 15 is 0 Å². The highest BCUT2D eigenvalue weighted by Gasteiger charge is 2.27. The maximum absolute atomic E-state index is 12.1. The van der Waals surface area contributed by atoms with Gasteiger partial charge in [-0.15, -0.1) is 0 Å². The van der Waals surface area contributed by atoms with Crippen LogP contribution < -0.4 is 15.4 Å². The highest BCUT2D eigenvalue weighted by molar-refractivity contribution is 5.82. The lowest BCUT2D eigenvalue weighted by Gasteiger charge is -2.29. The Balaban J connectivity index is 1.72. The van der Waals surface area contributed by atoms with Gasteiger partial charge in [0, 0.05) is 6.54 Å². The van der Waals surface area contributed by atoms with Crippen LogP contribution in [-0.2, 0) is 14.9 Å². The lowest BCUT2D eigenvalue weighted by molar-refractivity contribution is -0.129. The smallest absolute Gasteiger partial charge is 0.239 e. The summed E-state index contributed by atoms with van der Waals surface area (Å²) >= 11 is 0. The third kappa shape index (κ3) is 5.22. The Morgan fingerprint density at radius 3 is 2.65 bits per heavy atom. The van der Waals surface area contributed by atoms with Crippen molar-refractivity contribution in [3.05, 3.63) is 29.8 Å². The van der Waals surface area contributed by atoms with Crippen molar-refractivity contribution in [2.75, 3.05) is 26.3 Å². The van der Waals surface area contributed by atoms with E-state index in [1.807, 2.05) is 19.1 Å². The summed E-state index contributed by atoms with van der Waals surface area (Å²) in [5.41, 5.74) is 1.41. The molecule has 0 aliphatic carbocycles. The molecule has 0 bridgehead atoms. The predicted molar refractivity (Wildman–Crippen MR) is 90.9 cm³/mol. The Kier molecular flexibility index (Phi) is 6.02. The van der Waals surface area contributed by atoms with Crippen molar-refractivity contribution in [3.8, 4) is 5.75 Å². The third-order valence-corrected chi connectivity index (χ3v) is 3.99. The zero-order valence-corrected chi connectivity index (χ0v) is 14.5. The van der Waals surface area contributed by atoms with Gasteiger partial charge in [-0.1, -0.05) is 32.9 Å². The fourth-order valence-electron chi connectivity index (χ4n) is 2.53. The van der Waals surface area contributed by atoms with E-state index in [4.69, 9.17) is 9.47 Å². The van der Waals surface area contributed by atoms with Crippen LogP contribution in [0.15, 0.2) is 24.3 Å². The van der Waals surface area contributed by atoms with Crippen LogP contribution in [0.5, 0.6) is 5.75 Å². The average molecular weight is 320 g/mol. The third-order valence-electron chi connectivity index (χ3n) is 3.99. The normalized spacial score (nSPS) is 21.7. The van der Waals surface area contributed by atoms with Crippen LogP contribution in [0.4, 0.5) is 0 Å². The number of hydrogen-bond donors (Lipinski definition) is 2. The van der Waals surface area contributed by atoms with Crippen LogP contribution in [0.3, 0.4) is 0 Å². The first-order valence-electron chi connectivity index (χ1n) is 8.24. The minimum absolute atomic E-state index is 0.0381. The molecule has 1 saturated heterocycles. The van der Waals surface area contributed by atoms with Crippen molar-refractivity contribution in [2.45, 2.75) is 45.3 Å². The van der Waals surface area contributed by atoms with E-state index in [0.717, 1.165) is 5.75 Å². The minimum Gasteiger partial charge on any atom is -0.492 e. The predicted octanol–water partition coefficient (Wildman–Crippen LogP) is 1.86. The Hall–Kier alpha value is -1.59. The van der Waals surface area contributed by atoms with Gasteiger partial charge in [-0.25, -0.2) is 0 Å².